The van der Waals surface area contributed by atoms with E-state index < -0.39 is 18.7 Å². The van der Waals surface area contributed by atoms with Gasteiger partial charge in [0.2, 0.25) is 6.29 Å². The number of fused-ring (bicyclic) bond motifs is 1. The normalized spacial score (nSPS) is 22.7. The van der Waals surface area contributed by atoms with Gasteiger partial charge in [-0.2, -0.15) is 0 Å². The Morgan fingerprint density at radius 3 is 2.56 bits per heavy atom. The van der Waals surface area contributed by atoms with Crippen molar-refractivity contribution >= 4 is 11.0 Å². The molecule has 3 N–H and O–H groups in total. The number of rotatable bonds is 3. The zero-order chi connectivity index (χ0) is 19.0. The molecule has 0 spiro atoms. The Bertz CT molecular complexity index is 999. The van der Waals surface area contributed by atoms with Gasteiger partial charge in [-0.25, -0.2) is 0 Å². The first-order valence-corrected chi connectivity index (χ1v) is 8.53. The van der Waals surface area contributed by atoms with Crippen LogP contribution >= 0.6 is 0 Å². The lowest BCUT2D eigenvalue weighted by Crippen LogP contribution is -2.38. The lowest BCUT2D eigenvalue weighted by Gasteiger charge is -2.30. The smallest absolute Gasteiger partial charge is 0.204 e. The van der Waals surface area contributed by atoms with Crippen molar-refractivity contribution in [2.75, 3.05) is 0 Å². The van der Waals surface area contributed by atoms with Gasteiger partial charge in [-0.05, 0) is 29.8 Å². The maximum Gasteiger partial charge on any atom is 0.204 e. The second-order valence-electron chi connectivity index (χ2n) is 6.45. The van der Waals surface area contributed by atoms with Gasteiger partial charge >= 0.3 is 0 Å². The van der Waals surface area contributed by atoms with Gasteiger partial charge in [0, 0.05) is 18.9 Å². The quantitative estimate of drug-likeness (QED) is 0.649. The summed E-state index contributed by atoms with van der Waals surface area (Å²) in [6, 6.07) is 11.1. The van der Waals surface area contributed by atoms with Crippen molar-refractivity contribution in [1.82, 2.24) is 0 Å². The second-order valence-corrected chi connectivity index (χ2v) is 6.45. The molecule has 0 saturated carbocycles. The lowest BCUT2D eigenvalue weighted by molar-refractivity contribution is -0.242. The van der Waals surface area contributed by atoms with Crippen LogP contribution in [0.4, 0.5) is 0 Å². The van der Waals surface area contributed by atoms with Crippen LogP contribution in [0.2, 0.25) is 0 Å². The summed E-state index contributed by atoms with van der Waals surface area (Å²) in [5.74, 6) is 0.514. The van der Waals surface area contributed by atoms with Gasteiger partial charge in [0.25, 0.3) is 0 Å². The summed E-state index contributed by atoms with van der Waals surface area (Å²) in [4.78, 5) is 12.7. The maximum absolute atomic E-state index is 12.7. The Kier molecular flexibility index (Phi) is 4.57. The van der Waals surface area contributed by atoms with Crippen molar-refractivity contribution in [3.05, 3.63) is 59.0 Å². The molecule has 7 heteroatoms. The monoisotopic (exact) mass is 370 g/mol. The molecule has 140 valence electrons. The van der Waals surface area contributed by atoms with E-state index in [-0.39, 0.29) is 24.0 Å². The number of aliphatic hydroxyl groups is 2. The van der Waals surface area contributed by atoms with Gasteiger partial charge in [-0.15, -0.1) is 0 Å². The highest BCUT2D eigenvalue weighted by atomic mass is 16.7. The number of phenolic OH excluding ortho intramolecular Hbond substituents is 1. The summed E-state index contributed by atoms with van der Waals surface area (Å²) in [6.45, 7) is 0. The molecule has 1 fully saturated rings. The van der Waals surface area contributed by atoms with E-state index in [4.69, 9.17) is 13.9 Å². The van der Waals surface area contributed by atoms with Crippen LogP contribution in [-0.2, 0) is 4.74 Å². The molecule has 3 atom stereocenters. The molecule has 7 nitrogen and oxygen atoms in total. The van der Waals surface area contributed by atoms with Gasteiger partial charge < -0.3 is 29.2 Å². The molecule has 0 aliphatic carbocycles. The Hall–Kier alpha value is -2.87. The molecular formula is C20H18O7. The van der Waals surface area contributed by atoms with Crippen molar-refractivity contribution in [2.45, 2.75) is 31.5 Å². The largest absolute Gasteiger partial charge is 0.508 e. The summed E-state index contributed by atoms with van der Waals surface area (Å²) in [7, 11) is 0. The molecule has 2 aromatic carbocycles. The van der Waals surface area contributed by atoms with Crippen LogP contribution in [-0.4, -0.2) is 34.0 Å². The third-order valence-corrected chi connectivity index (χ3v) is 4.44. The van der Waals surface area contributed by atoms with Crippen molar-refractivity contribution in [1.29, 1.82) is 0 Å². The Labute approximate surface area is 154 Å². The molecule has 3 unspecified atom stereocenters. The van der Waals surface area contributed by atoms with Crippen LogP contribution < -0.4 is 10.2 Å². The average Bonchev–Trinajstić information content (AvgIpc) is 2.62. The van der Waals surface area contributed by atoms with E-state index >= 15 is 0 Å². The van der Waals surface area contributed by atoms with E-state index in [0.29, 0.717) is 27.8 Å². The molecule has 0 radical (unpaired) electrons. The third kappa shape index (κ3) is 3.66. The molecule has 27 heavy (non-hydrogen) atoms. The molecular weight excluding hydrogens is 352 g/mol. The SMILES string of the molecule is O=c1c(-c2ccc(OC3CC(O)CC(O)O3)cc2)coc2cc(O)ccc12. The third-order valence-electron chi connectivity index (χ3n) is 4.44. The van der Waals surface area contributed by atoms with E-state index in [1.165, 1.54) is 24.5 Å². The molecule has 1 aliphatic heterocycles. The minimum absolute atomic E-state index is 0.0278. The number of phenols is 1. The van der Waals surface area contributed by atoms with Crippen molar-refractivity contribution in [3.8, 4) is 22.6 Å². The van der Waals surface area contributed by atoms with Gasteiger partial charge in [0.15, 0.2) is 11.7 Å². The van der Waals surface area contributed by atoms with E-state index in [0.717, 1.165) is 0 Å². The summed E-state index contributed by atoms with van der Waals surface area (Å²) >= 11 is 0. The fraction of sp³-hybridized carbons (Fsp3) is 0.250. The molecule has 1 aromatic heterocycles. The Morgan fingerprint density at radius 2 is 1.81 bits per heavy atom. The van der Waals surface area contributed by atoms with Gasteiger partial charge in [-0.3, -0.25) is 4.79 Å². The number of benzene rings is 2. The van der Waals surface area contributed by atoms with E-state index in [1.54, 1.807) is 24.3 Å². The van der Waals surface area contributed by atoms with Crippen LogP contribution in [0.5, 0.6) is 11.5 Å². The Balaban J connectivity index is 1.57. The van der Waals surface area contributed by atoms with Crippen LogP contribution in [0.15, 0.2) is 57.9 Å². The van der Waals surface area contributed by atoms with Crippen molar-refractivity contribution < 1.29 is 29.2 Å². The molecule has 4 rings (SSSR count). The zero-order valence-electron chi connectivity index (χ0n) is 14.2. The molecule has 3 aromatic rings. The molecule has 0 amide bonds. The van der Waals surface area contributed by atoms with Gasteiger partial charge in [0.1, 0.15) is 23.3 Å². The molecule has 2 heterocycles. The summed E-state index contributed by atoms with van der Waals surface area (Å²) < 4.78 is 16.3. The first-order valence-electron chi connectivity index (χ1n) is 8.53. The molecule has 0 bridgehead atoms. The highest BCUT2D eigenvalue weighted by Crippen LogP contribution is 2.26. The van der Waals surface area contributed by atoms with Crippen molar-refractivity contribution in [3.63, 3.8) is 0 Å². The Morgan fingerprint density at radius 1 is 1.04 bits per heavy atom. The number of aliphatic hydroxyl groups excluding tert-OH is 2. The molecule has 1 aliphatic rings. The number of aromatic hydroxyl groups is 1. The van der Waals surface area contributed by atoms with Gasteiger partial charge in [-0.1, -0.05) is 12.1 Å². The minimum Gasteiger partial charge on any atom is -0.508 e. The van der Waals surface area contributed by atoms with E-state index in [9.17, 15) is 20.1 Å². The summed E-state index contributed by atoms with van der Waals surface area (Å²) in [5, 5.41) is 29.1. The first-order chi connectivity index (χ1) is 13.0. The highest BCUT2D eigenvalue weighted by Gasteiger charge is 2.28. The van der Waals surface area contributed by atoms with Crippen LogP contribution in [0, 0.1) is 0 Å². The zero-order valence-corrected chi connectivity index (χ0v) is 14.2. The standard InChI is InChI=1S/C20H18O7/c21-12-3-6-15-17(7-12)25-10-16(20(15)24)11-1-4-14(5-2-11)26-19-9-13(22)8-18(23)27-19/h1-7,10,13,18-19,21-23H,8-9H2. The first kappa shape index (κ1) is 17.5. The van der Waals surface area contributed by atoms with Crippen molar-refractivity contribution in [2.24, 2.45) is 0 Å². The summed E-state index contributed by atoms with van der Waals surface area (Å²) in [5.41, 5.74) is 1.15. The fourth-order valence-electron chi connectivity index (χ4n) is 3.09. The second kappa shape index (κ2) is 7.03. The predicted octanol–water partition coefficient (Wildman–Crippen LogP) is 2.36. The topological polar surface area (TPSA) is 109 Å². The van der Waals surface area contributed by atoms with Crippen LogP contribution in [0.1, 0.15) is 12.8 Å². The number of hydrogen-bond acceptors (Lipinski definition) is 7. The number of hydrogen-bond donors (Lipinski definition) is 3. The lowest BCUT2D eigenvalue weighted by atomic mass is 10.1. The van der Waals surface area contributed by atoms with E-state index in [1.807, 2.05) is 0 Å². The highest BCUT2D eigenvalue weighted by molar-refractivity contribution is 5.82. The predicted molar refractivity (Wildman–Crippen MR) is 96.3 cm³/mol. The van der Waals surface area contributed by atoms with Gasteiger partial charge in [0.05, 0.1) is 17.1 Å². The van der Waals surface area contributed by atoms with Crippen LogP contribution in [0.3, 0.4) is 0 Å². The minimum atomic E-state index is -1.06. The molecule has 1 saturated heterocycles. The fourth-order valence-corrected chi connectivity index (χ4v) is 3.09. The number of ether oxygens (including phenoxy) is 2. The average molecular weight is 370 g/mol. The van der Waals surface area contributed by atoms with E-state index in [2.05, 4.69) is 0 Å². The maximum atomic E-state index is 12.7. The summed E-state index contributed by atoms with van der Waals surface area (Å²) in [6.07, 6.45) is -0.696. The van der Waals surface area contributed by atoms with Crippen LogP contribution in [0.25, 0.3) is 22.1 Å².